The molecule has 0 amide bonds. The number of hydrogen-bond donors (Lipinski definition) is 1. The van der Waals surface area contributed by atoms with E-state index < -0.39 is 0 Å². The molecule has 0 saturated carbocycles. The highest BCUT2D eigenvalue weighted by atomic mass is 16.5. The Kier molecular flexibility index (Phi) is 10.3. The molecule has 0 spiro atoms. The first-order chi connectivity index (χ1) is 7.22. The second kappa shape index (κ2) is 10.4. The van der Waals surface area contributed by atoms with Crippen molar-refractivity contribution in [3.8, 4) is 0 Å². The topological polar surface area (TPSA) is 24.5 Å². The van der Waals surface area contributed by atoms with Gasteiger partial charge in [-0.3, -0.25) is 4.90 Å². The summed E-state index contributed by atoms with van der Waals surface area (Å²) >= 11 is 0. The normalized spacial score (nSPS) is 11.6. The van der Waals surface area contributed by atoms with Gasteiger partial charge in [-0.15, -0.1) is 0 Å². The largest absolute Gasteiger partial charge is 0.383 e. The van der Waals surface area contributed by atoms with E-state index in [1.54, 1.807) is 7.11 Å². The van der Waals surface area contributed by atoms with Crippen molar-refractivity contribution in [2.45, 2.75) is 39.7 Å². The van der Waals surface area contributed by atoms with Gasteiger partial charge in [0.15, 0.2) is 0 Å². The standard InChI is InChI=1S/C12H28N2O/c1-5-7-13-8-6-9-14(12(2)3)10-11-15-4/h12-13H,5-11H2,1-4H3. The number of nitrogens with zero attached hydrogens (tertiary/aromatic N) is 1. The minimum absolute atomic E-state index is 0.617. The van der Waals surface area contributed by atoms with E-state index in [2.05, 4.69) is 31.0 Å². The van der Waals surface area contributed by atoms with Crippen molar-refractivity contribution in [2.24, 2.45) is 0 Å². The summed E-state index contributed by atoms with van der Waals surface area (Å²) in [6.45, 7) is 12.0. The van der Waals surface area contributed by atoms with Crippen LogP contribution in [0.2, 0.25) is 0 Å². The molecule has 15 heavy (non-hydrogen) atoms. The number of rotatable bonds is 10. The summed E-state index contributed by atoms with van der Waals surface area (Å²) < 4.78 is 5.11. The maximum atomic E-state index is 5.11. The smallest absolute Gasteiger partial charge is 0.0589 e. The Morgan fingerprint density at radius 1 is 1.20 bits per heavy atom. The van der Waals surface area contributed by atoms with Crippen LogP contribution in [0.1, 0.15) is 33.6 Å². The molecule has 0 aromatic rings. The van der Waals surface area contributed by atoms with Crippen LogP contribution >= 0.6 is 0 Å². The summed E-state index contributed by atoms with van der Waals surface area (Å²) in [6.07, 6.45) is 2.44. The van der Waals surface area contributed by atoms with Crippen molar-refractivity contribution in [1.82, 2.24) is 10.2 Å². The summed E-state index contributed by atoms with van der Waals surface area (Å²) in [5.74, 6) is 0. The molecule has 0 aliphatic heterocycles. The van der Waals surface area contributed by atoms with E-state index >= 15 is 0 Å². The predicted molar refractivity (Wildman–Crippen MR) is 66.4 cm³/mol. The lowest BCUT2D eigenvalue weighted by molar-refractivity contribution is 0.128. The molecule has 92 valence electrons. The molecule has 0 fully saturated rings. The van der Waals surface area contributed by atoms with E-state index in [-0.39, 0.29) is 0 Å². The van der Waals surface area contributed by atoms with Gasteiger partial charge in [-0.2, -0.15) is 0 Å². The summed E-state index contributed by atoms with van der Waals surface area (Å²) in [4.78, 5) is 2.47. The molecule has 0 aliphatic carbocycles. The van der Waals surface area contributed by atoms with Gasteiger partial charge in [-0.05, 0) is 46.3 Å². The summed E-state index contributed by atoms with van der Waals surface area (Å²) in [5.41, 5.74) is 0. The maximum Gasteiger partial charge on any atom is 0.0589 e. The zero-order valence-electron chi connectivity index (χ0n) is 10.9. The maximum absolute atomic E-state index is 5.11. The van der Waals surface area contributed by atoms with Gasteiger partial charge in [0.05, 0.1) is 6.61 Å². The second-order valence-corrected chi connectivity index (χ2v) is 4.23. The first-order valence-corrected chi connectivity index (χ1v) is 6.16. The fourth-order valence-electron chi connectivity index (χ4n) is 1.55. The van der Waals surface area contributed by atoms with Crippen LogP contribution in [0.5, 0.6) is 0 Å². The average Bonchev–Trinajstić information content (AvgIpc) is 2.21. The number of ether oxygens (including phenoxy) is 1. The average molecular weight is 216 g/mol. The first-order valence-electron chi connectivity index (χ1n) is 6.16. The van der Waals surface area contributed by atoms with Crippen LogP contribution in [0, 0.1) is 0 Å². The zero-order chi connectivity index (χ0) is 11.5. The van der Waals surface area contributed by atoms with Gasteiger partial charge in [0.25, 0.3) is 0 Å². The summed E-state index contributed by atoms with van der Waals surface area (Å²) in [7, 11) is 1.77. The Bertz CT molecular complexity index is 129. The van der Waals surface area contributed by atoms with Gasteiger partial charge in [-0.25, -0.2) is 0 Å². The molecule has 0 aliphatic rings. The Morgan fingerprint density at radius 2 is 1.93 bits per heavy atom. The third-order valence-electron chi connectivity index (χ3n) is 2.54. The predicted octanol–water partition coefficient (Wildman–Crippen LogP) is 1.73. The van der Waals surface area contributed by atoms with E-state index in [9.17, 15) is 0 Å². The molecule has 3 nitrogen and oxygen atoms in total. The molecule has 0 rings (SSSR count). The Balaban J connectivity index is 3.48. The van der Waals surface area contributed by atoms with Crippen LogP contribution in [-0.4, -0.2) is 50.8 Å². The molecule has 0 bridgehead atoms. The Labute approximate surface area is 95.2 Å². The molecule has 1 N–H and O–H groups in total. The van der Waals surface area contributed by atoms with Crippen LogP contribution in [-0.2, 0) is 4.74 Å². The van der Waals surface area contributed by atoms with Gasteiger partial charge in [0.1, 0.15) is 0 Å². The molecule has 0 radical (unpaired) electrons. The number of nitrogens with one attached hydrogen (secondary N) is 1. The van der Waals surface area contributed by atoms with Crippen molar-refractivity contribution >= 4 is 0 Å². The van der Waals surface area contributed by atoms with E-state index in [1.165, 1.54) is 12.8 Å². The highest BCUT2D eigenvalue weighted by Crippen LogP contribution is 1.98. The third kappa shape index (κ3) is 8.85. The number of methoxy groups -OCH3 is 1. The fourth-order valence-corrected chi connectivity index (χ4v) is 1.55. The van der Waals surface area contributed by atoms with Crippen LogP contribution in [0.4, 0.5) is 0 Å². The van der Waals surface area contributed by atoms with Gasteiger partial charge >= 0.3 is 0 Å². The van der Waals surface area contributed by atoms with Gasteiger partial charge < -0.3 is 10.1 Å². The third-order valence-corrected chi connectivity index (χ3v) is 2.54. The van der Waals surface area contributed by atoms with Crippen molar-refractivity contribution in [3.63, 3.8) is 0 Å². The van der Waals surface area contributed by atoms with E-state index in [0.29, 0.717) is 6.04 Å². The molecule has 0 saturated heterocycles. The fraction of sp³-hybridized carbons (Fsp3) is 1.00. The molecule has 0 unspecified atom stereocenters. The lowest BCUT2D eigenvalue weighted by Crippen LogP contribution is -2.36. The van der Waals surface area contributed by atoms with Crippen molar-refractivity contribution in [3.05, 3.63) is 0 Å². The van der Waals surface area contributed by atoms with Gasteiger partial charge in [0.2, 0.25) is 0 Å². The van der Waals surface area contributed by atoms with Crippen LogP contribution in [0.3, 0.4) is 0 Å². The van der Waals surface area contributed by atoms with Gasteiger partial charge in [0, 0.05) is 19.7 Å². The van der Waals surface area contributed by atoms with Gasteiger partial charge in [-0.1, -0.05) is 6.92 Å². The zero-order valence-corrected chi connectivity index (χ0v) is 10.9. The highest BCUT2D eigenvalue weighted by molar-refractivity contribution is 4.63. The van der Waals surface area contributed by atoms with Crippen molar-refractivity contribution < 1.29 is 4.74 Å². The summed E-state index contributed by atoms with van der Waals surface area (Å²) in [5, 5.41) is 3.43. The molecular formula is C12H28N2O. The minimum Gasteiger partial charge on any atom is -0.383 e. The van der Waals surface area contributed by atoms with Crippen LogP contribution in [0.15, 0.2) is 0 Å². The van der Waals surface area contributed by atoms with E-state index in [4.69, 9.17) is 4.74 Å². The molecular weight excluding hydrogens is 188 g/mol. The Hall–Kier alpha value is -0.120. The molecule has 0 atom stereocenters. The minimum atomic E-state index is 0.617. The molecule has 0 aromatic carbocycles. The monoisotopic (exact) mass is 216 g/mol. The molecule has 0 aromatic heterocycles. The number of hydrogen-bond acceptors (Lipinski definition) is 3. The summed E-state index contributed by atoms with van der Waals surface area (Å²) in [6, 6.07) is 0.617. The van der Waals surface area contributed by atoms with Crippen LogP contribution in [0.25, 0.3) is 0 Å². The molecule has 0 heterocycles. The Morgan fingerprint density at radius 3 is 2.47 bits per heavy atom. The first kappa shape index (κ1) is 14.9. The van der Waals surface area contributed by atoms with E-state index in [0.717, 1.165) is 32.8 Å². The quantitative estimate of drug-likeness (QED) is 0.563. The molecule has 3 heteroatoms. The van der Waals surface area contributed by atoms with E-state index in [1.807, 2.05) is 0 Å². The van der Waals surface area contributed by atoms with Crippen LogP contribution < -0.4 is 5.32 Å². The SMILES string of the molecule is CCCNCCCN(CCOC)C(C)C. The lowest BCUT2D eigenvalue weighted by atomic mass is 10.3. The van der Waals surface area contributed by atoms with Crippen molar-refractivity contribution in [2.75, 3.05) is 39.9 Å². The lowest BCUT2D eigenvalue weighted by Gasteiger charge is -2.26. The highest BCUT2D eigenvalue weighted by Gasteiger charge is 2.07. The second-order valence-electron chi connectivity index (χ2n) is 4.23. The van der Waals surface area contributed by atoms with Crippen molar-refractivity contribution in [1.29, 1.82) is 0 Å².